The molecule has 6 heteroatoms. The van der Waals surface area contributed by atoms with Crippen LogP contribution in [0.5, 0.6) is 0 Å². The molecule has 1 fully saturated rings. The number of hydrogen-bond donors (Lipinski definition) is 2. The SMILES string of the molecule is CC(O)C1CCCN(C(=O)c2cn[nH]c2-c2ccccc2F)C1. The van der Waals surface area contributed by atoms with Crippen molar-refractivity contribution in [2.45, 2.75) is 25.9 Å². The van der Waals surface area contributed by atoms with Crippen molar-refractivity contribution in [1.82, 2.24) is 15.1 Å². The lowest BCUT2D eigenvalue weighted by molar-refractivity contribution is 0.0466. The summed E-state index contributed by atoms with van der Waals surface area (Å²) in [5.74, 6) is -0.495. The van der Waals surface area contributed by atoms with Gasteiger partial charge in [-0.3, -0.25) is 9.89 Å². The Labute approximate surface area is 134 Å². The number of nitrogens with zero attached hydrogens (tertiary/aromatic N) is 2. The fourth-order valence-corrected chi connectivity index (χ4v) is 3.08. The van der Waals surface area contributed by atoms with Gasteiger partial charge in [0.1, 0.15) is 5.82 Å². The van der Waals surface area contributed by atoms with Crippen LogP contribution in [0.3, 0.4) is 0 Å². The Morgan fingerprint density at radius 2 is 2.26 bits per heavy atom. The zero-order valence-corrected chi connectivity index (χ0v) is 13.0. The van der Waals surface area contributed by atoms with E-state index in [-0.39, 0.29) is 11.8 Å². The number of H-pyrrole nitrogens is 1. The molecule has 2 atom stereocenters. The molecule has 2 N–H and O–H groups in total. The Bertz CT molecular complexity index is 699. The van der Waals surface area contributed by atoms with E-state index in [2.05, 4.69) is 10.2 Å². The standard InChI is InChI=1S/C17H20FN3O2/c1-11(22)12-5-4-8-21(10-12)17(23)14-9-19-20-16(14)13-6-2-3-7-15(13)18/h2-3,6-7,9,11-12,22H,4-5,8,10H2,1H3,(H,19,20). The van der Waals surface area contributed by atoms with Gasteiger partial charge in [-0.2, -0.15) is 5.10 Å². The fraction of sp³-hybridized carbons (Fsp3) is 0.412. The van der Waals surface area contributed by atoms with Crippen LogP contribution in [-0.4, -0.2) is 45.3 Å². The zero-order chi connectivity index (χ0) is 16.4. The molecule has 1 aromatic carbocycles. The minimum absolute atomic E-state index is 0.0801. The largest absolute Gasteiger partial charge is 0.393 e. The lowest BCUT2D eigenvalue weighted by Gasteiger charge is -2.34. The van der Waals surface area contributed by atoms with Gasteiger partial charge in [-0.25, -0.2) is 4.39 Å². The Morgan fingerprint density at radius 3 is 3.00 bits per heavy atom. The summed E-state index contributed by atoms with van der Waals surface area (Å²) in [6.07, 6.45) is 2.76. The number of benzene rings is 1. The zero-order valence-electron chi connectivity index (χ0n) is 13.0. The fourth-order valence-electron chi connectivity index (χ4n) is 3.08. The number of amides is 1. The van der Waals surface area contributed by atoms with Crippen molar-refractivity contribution in [2.24, 2.45) is 5.92 Å². The lowest BCUT2D eigenvalue weighted by Crippen LogP contribution is -2.43. The van der Waals surface area contributed by atoms with Crippen molar-refractivity contribution in [1.29, 1.82) is 0 Å². The van der Waals surface area contributed by atoms with Crippen LogP contribution in [0.2, 0.25) is 0 Å². The van der Waals surface area contributed by atoms with Gasteiger partial charge < -0.3 is 10.0 Å². The second kappa shape index (κ2) is 6.50. The molecule has 0 saturated carbocycles. The molecule has 0 bridgehead atoms. The third-order valence-corrected chi connectivity index (χ3v) is 4.44. The Kier molecular flexibility index (Phi) is 4.43. The van der Waals surface area contributed by atoms with Gasteiger partial charge >= 0.3 is 0 Å². The molecule has 122 valence electrons. The highest BCUT2D eigenvalue weighted by Crippen LogP contribution is 2.27. The molecule has 5 nitrogen and oxygen atoms in total. The second-order valence-electron chi connectivity index (χ2n) is 6.03. The van der Waals surface area contributed by atoms with Gasteiger partial charge in [0.05, 0.1) is 23.6 Å². The maximum Gasteiger partial charge on any atom is 0.257 e. The summed E-state index contributed by atoms with van der Waals surface area (Å²) in [5, 5.41) is 16.4. The summed E-state index contributed by atoms with van der Waals surface area (Å²) >= 11 is 0. The molecule has 1 amide bonds. The van der Waals surface area contributed by atoms with E-state index in [4.69, 9.17) is 0 Å². The van der Waals surface area contributed by atoms with Crippen LogP contribution in [0.25, 0.3) is 11.3 Å². The van der Waals surface area contributed by atoms with E-state index in [1.165, 1.54) is 12.3 Å². The van der Waals surface area contributed by atoms with E-state index >= 15 is 0 Å². The first kappa shape index (κ1) is 15.7. The quantitative estimate of drug-likeness (QED) is 0.913. The van der Waals surface area contributed by atoms with Gasteiger partial charge in [0.2, 0.25) is 0 Å². The van der Waals surface area contributed by atoms with Crippen LogP contribution in [0.15, 0.2) is 30.5 Å². The van der Waals surface area contributed by atoms with Crippen molar-refractivity contribution in [2.75, 3.05) is 13.1 Å². The molecule has 0 aliphatic carbocycles. The molecule has 1 aliphatic rings. The molecular weight excluding hydrogens is 297 g/mol. The number of nitrogens with one attached hydrogen (secondary N) is 1. The molecule has 2 heterocycles. The van der Waals surface area contributed by atoms with Gasteiger partial charge in [-0.05, 0) is 31.9 Å². The Morgan fingerprint density at radius 1 is 1.48 bits per heavy atom. The molecule has 0 spiro atoms. The van der Waals surface area contributed by atoms with Gasteiger partial charge in [0.15, 0.2) is 0 Å². The number of carbonyl (C=O) groups is 1. The van der Waals surface area contributed by atoms with Crippen LogP contribution in [0.1, 0.15) is 30.1 Å². The first-order valence-corrected chi connectivity index (χ1v) is 7.83. The van der Waals surface area contributed by atoms with E-state index in [0.717, 1.165) is 12.8 Å². The number of halogens is 1. The maximum absolute atomic E-state index is 14.0. The van der Waals surface area contributed by atoms with Crippen LogP contribution >= 0.6 is 0 Å². The van der Waals surface area contributed by atoms with Crippen LogP contribution in [0, 0.1) is 11.7 Å². The Balaban J connectivity index is 1.87. The molecule has 1 aromatic heterocycles. The number of carbonyl (C=O) groups excluding carboxylic acids is 1. The van der Waals surface area contributed by atoms with Gasteiger partial charge in [-0.15, -0.1) is 0 Å². The van der Waals surface area contributed by atoms with Gasteiger partial charge in [0, 0.05) is 24.6 Å². The molecule has 3 rings (SSSR count). The first-order chi connectivity index (χ1) is 11.1. The summed E-state index contributed by atoms with van der Waals surface area (Å²) in [6, 6.07) is 6.30. The number of piperidine rings is 1. The molecule has 23 heavy (non-hydrogen) atoms. The summed E-state index contributed by atoms with van der Waals surface area (Å²) < 4.78 is 14.0. The average molecular weight is 317 g/mol. The van der Waals surface area contributed by atoms with Crippen molar-refractivity contribution in [3.05, 3.63) is 41.8 Å². The average Bonchev–Trinajstić information content (AvgIpc) is 3.04. The topological polar surface area (TPSA) is 69.2 Å². The molecule has 0 radical (unpaired) electrons. The number of aliphatic hydroxyl groups is 1. The van der Waals surface area contributed by atoms with Crippen molar-refractivity contribution in [3.8, 4) is 11.3 Å². The number of hydrogen-bond acceptors (Lipinski definition) is 3. The van der Waals surface area contributed by atoms with Crippen molar-refractivity contribution < 1.29 is 14.3 Å². The lowest BCUT2D eigenvalue weighted by atomic mass is 9.93. The highest BCUT2D eigenvalue weighted by molar-refractivity contribution is 5.99. The smallest absolute Gasteiger partial charge is 0.257 e. The molecular formula is C17H20FN3O2. The molecule has 1 saturated heterocycles. The van der Waals surface area contributed by atoms with E-state index in [9.17, 15) is 14.3 Å². The maximum atomic E-state index is 14.0. The van der Waals surface area contributed by atoms with E-state index in [1.807, 2.05) is 0 Å². The van der Waals surface area contributed by atoms with Gasteiger partial charge in [-0.1, -0.05) is 12.1 Å². The van der Waals surface area contributed by atoms with E-state index in [1.54, 1.807) is 30.0 Å². The highest BCUT2D eigenvalue weighted by atomic mass is 19.1. The number of aliphatic hydroxyl groups excluding tert-OH is 1. The predicted octanol–water partition coefficient (Wildman–Crippen LogP) is 2.45. The number of aromatic amines is 1. The predicted molar refractivity (Wildman–Crippen MR) is 84.3 cm³/mol. The second-order valence-corrected chi connectivity index (χ2v) is 6.03. The summed E-state index contributed by atoms with van der Waals surface area (Å²) in [6.45, 7) is 2.91. The summed E-state index contributed by atoms with van der Waals surface area (Å²) in [5.41, 5.74) is 1.09. The first-order valence-electron chi connectivity index (χ1n) is 7.83. The molecule has 2 unspecified atom stereocenters. The molecule has 1 aliphatic heterocycles. The van der Waals surface area contributed by atoms with E-state index < -0.39 is 11.9 Å². The minimum Gasteiger partial charge on any atom is -0.393 e. The van der Waals surface area contributed by atoms with Crippen molar-refractivity contribution >= 4 is 5.91 Å². The highest BCUT2D eigenvalue weighted by Gasteiger charge is 2.29. The summed E-state index contributed by atoms with van der Waals surface area (Å²) in [4.78, 5) is 14.5. The third kappa shape index (κ3) is 3.12. The van der Waals surface area contributed by atoms with Crippen molar-refractivity contribution in [3.63, 3.8) is 0 Å². The third-order valence-electron chi connectivity index (χ3n) is 4.44. The number of rotatable bonds is 3. The Hall–Kier alpha value is -2.21. The number of aromatic nitrogens is 2. The van der Waals surface area contributed by atoms with Crippen LogP contribution in [0.4, 0.5) is 4.39 Å². The van der Waals surface area contributed by atoms with Gasteiger partial charge in [0.25, 0.3) is 5.91 Å². The van der Waals surface area contributed by atoms with Crippen LogP contribution in [-0.2, 0) is 0 Å². The van der Waals surface area contributed by atoms with Crippen LogP contribution < -0.4 is 0 Å². The molecule has 2 aromatic rings. The monoisotopic (exact) mass is 317 g/mol. The normalized spacial score (nSPS) is 19.6. The van der Waals surface area contributed by atoms with E-state index in [0.29, 0.717) is 29.9 Å². The summed E-state index contributed by atoms with van der Waals surface area (Å²) in [7, 11) is 0. The minimum atomic E-state index is -0.444. The number of likely N-dealkylation sites (tertiary alicyclic amines) is 1.